The minimum atomic E-state index is 0. The Kier molecular flexibility index (Phi) is 11.7. The third kappa shape index (κ3) is 7.16. The van der Waals surface area contributed by atoms with Gasteiger partial charge in [-0.1, -0.05) is 13.8 Å². The molecule has 106 valence electrons. The molecule has 3 N–H and O–H groups in total. The molecule has 0 radical (unpaired) electrons. The third-order valence-electron chi connectivity index (χ3n) is 2.29. The van der Waals surface area contributed by atoms with Gasteiger partial charge in [-0.2, -0.15) is 0 Å². The number of carbonyl (C=O) groups is 1. The van der Waals surface area contributed by atoms with Crippen LogP contribution in [-0.2, 0) is 17.6 Å². The van der Waals surface area contributed by atoms with Crippen molar-refractivity contribution in [1.29, 1.82) is 0 Å². The Morgan fingerprint density at radius 2 is 2.22 bits per heavy atom. The highest BCUT2D eigenvalue weighted by atomic mass is 35.5. The van der Waals surface area contributed by atoms with Crippen molar-refractivity contribution in [3.05, 3.63) is 16.1 Å². The van der Waals surface area contributed by atoms with E-state index < -0.39 is 0 Å². The second kappa shape index (κ2) is 10.6. The molecular formula is C11H21Cl2N3OS. The van der Waals surface area contributed by atoms with Crippen LogP contribution in [0.5, 0.6) is 0 Å². The van der Waals surface area contributed by atoms with E-state index in [0.29, 0.717) is 25.4 Å². The van der Waals surface area contributed by atoms with E-state index in [1.54, 1.807) is 11.3 Å². The molecule has 0 aliphatic heterocycles. The zero-order valence-corrected chi connectivity index (χ0v) is 13.1. The molecule has 1 unspecified atom stereocenters. The number of nitrogens with two attached hydrogens (primary N) is 1. The number of aromatic nitrogens is 1. The number of amides is 1. The van der Waals surface area contributed by atoms with Gasteiger partial charge in [0.1, 0.15) is 0 Å². The van der Waals surface area contributed by atoms with Crippen molar-refractivity contribution >= 4 is 42.1 Å². The molecule has 1 aromatic heterocycles. The highest BCUT2D eigenvalue weighted by Gasteiger charge is 2.07. The Bertz CT molecular complexity index is 347. The van der Waals surface area contributed by atoms with E-state index in [1.165, 1.54) is 0 Å². The lowest BCUT2D eigenvalue weighted by atomic mass is 10.2. The van der Waals surface area contributed by atoms with Crippen molar-refractivity contribution in [2.75, 3.05) is 13.1 Å². The Morgan fingerprint density at radius 1 is 1.56 bits per heavy atom. The van der Waals surface area contributed by atoms with E-state index in [0.717, 1.165) is 17.1 Å². The molecule has 0 aliphatic rings. The van der Waals surface area contributed by atoms with Crippen molar-refractivity contribution in [2.24, 2.45) is 11.7 Å². The van der Waals surface area contributed by atoms with Gasteiger partial charge in [-0.25, -0.2) is 4.98 Å². The van der Waals surface area contributed by atoms with Crippen LogP contribution in [-0.4, -0.2) is 24.0 Å². The van der Waals surface area contributed by atoms with Gasteiger partial charge in [0.15, 0.2) is 0 Å². The van der Waals surface area contributed by atoms with Crippen molar-refractivity contribution in [2.45, 2.75) is 26.7 Å². The second-order valence-corrected chi connectivity index (χ2v) is 4.85. The summed E-state index contributed by atoms with van der Waals surface area (Å²) in [6, 6.07) is 0. The Labute approximate surface area is 125 Å². The maximum absolute atomic E-state index is 11.5. The number of rotatable bonds is 6. The van der Waals surface area contributed by atoms with E-state index in [4.69, 9.17) is 5.73 Å². The minimum absolute atomic E-state index is 0. The number of hydrogen-bond donors (Lipinski definition) is 2. The number of thiazole rings is 1. The topological polar surface area (TPSA) is 68.0 Å². The maximum Gasteiger partial charge on any atom is 0.226 e. The van der Waals surface area contributed by atoms with E-state index in [1.807, 2.05) is 12.3 Å². The van der Waals surface area contributed by atoms with Crippen LogP contribution in [0.1, 0.15) is 24.5 Å². The minimum Gasteiger partial charge on any atom is -0.355 e. The molecule has 0 saturated carbocycles. The molecule has 4 nitrogen and oxygen atoms in total. The van der Waals surface area contributed by atoms with Gasteiger partial charge in [-0.05, 0) is 18.9 Å². The molecule has 0 saturated heterocycles. The Balaban J connectivity index is 0. The first-order valence-electron chi connectivity index (χ1n) is 5.55. The van der Waals surface area contributed by atoms with Gasteiger partial charge >= 0.3 is 0 Å². The fourth-order valence-corrected chi connectivity index (χ4v) is 1.94. The summed E-state index contributed by atoms with van der Waals surface area (Å²) < 4.78 is 0. The fourth-order valence-electron chi connectivity index (χ4n) is 1.19. The standard InChI is InChI=1S/C11H19N3OS.2ClH/c1-3-11-14-9(7-16-11)4-10(15)13-6-8(2)5-12;;/h7-8H,3-6,12H2,1-2H3,(H,13,15);2*1H. The zero-order valence-electron chi connectivity index (χ0n) is 10.6. The van der Waals surface area contributed by atoms with Gasteiger partial charge in [-0.15, -0.1) is 36.2 Å². The van der Waals surface area contributed by atoms with Crippen LogP contribution in [0.15, 0.2) is 5.38 Å². The number of aryl methyl sites for hydroxylation is 1. The first-order valence-corrected chi connectivity index (χ1v) is 6.43. The van der Waals surface area contributed by atoms with Crippen LogP contribution >= 0.6 is 36.2 Å². The van der Waals surface area contributed by atoms with E-state index >= 15 is 0 Å². The molecule has 1 rings (SSSR count). The van der Waals surface area contributed by atoms with Gasteiger partial charge in [0.05, 0.1) is 17.1 Å². The van der Waals surface area contributed by atoms with Gasteiger partial charge in [0.25, 0.3) is 0 Å². The summed E-state index contributed by atoms with van der Waals surface area (Å²) in [5.74, 6) is 0.346. The summed E-state index contributed by atoms with van der Waals surface area (Å²) in [5, 5.41) is 5.89. The summed E-state index contributed by atoms with van der Waals surface area (Å²) in [7, 11) is 0. The first-order chi connectivity index (χ1) is 7.65. The normalized spacial score (nSPS) is 11.1. The molecule has 7 heteroatoms. The molecule has 1 atom stereocenters. The van der Waals surface area contributed by atoms with Crippen molar-refractivity contribution < 1.29 is 4.79 Å². The number of carbonyl (C=O) groups excluding carboxylic acids is 1. The molecule has 1 amide bonds. The van der Waals surface area contributed by atoms with Crippen LogP contribution in [0.3, 0.4) is 0 Å². The lowest BCUT2D eigenvalue weighted by Gasteiger charge is -2.09. The first kappa shape index (κ1) is 20.0. The van der Waals surface area contributed by atoms with Crippen LogP contribution in [0.2, 0.25) is 0 Å². The monoisotopic (exact) mass is 313 g/mol. The van der Waals surface area contributed by atoms with Crippen molar-refractivity contribution in [3.63, 3.8) is 0 Å². The summed E-state index contributed by atoms with van der Waals surface area (Å²) in [6.07, 6.45) is 1.30. The van der Waals surface area contributed by atoms with Gasteiger partial charge < -0.3 is 11.1 Å². The van der Waals surface area contributed by atoms with Gasteiger partial charge in [-0.3, -0.25) is 4.79 Å². The number of nitrogens with one attached hydrogen (secondary N) is 1. The van der Waals surface area contributed by atoms with Crippen molar-refractivity contribution in [3.8, 4) is 0 Å². The zero-order chi connectivity index (χ0) is 12.0. The smallest absolute Gasteiger partial charge is 0.226 e. The second-order valence-electron chi connectivity index (χ2n) is 3.91. The average Bonchev–Trinajstić information content (AvgIpc) is 2.73. The van der Waals surface area contributed by atoms with Crippen LogP contribution in [0.4, 0.5) is 0 Å². The lowest BCUT2D eigenvalue weighted by molar-refractivity contribution is -0.120. The quantitative estimate of drug-likeness (QED) is 0.841. The van der Waals surface area contributed by atoms with Gasteiger partial charge in [0, 0.05) is 11.9 Å². The lowest BCUT2D eigenvalue weighted by Crippen LogP contribution is -2.32. The highest BCUT2D eigenvalue weighted by Crippen LogP contribution is 2.10. The summed E-state index contributed by atoms with van der Waals surface area (Å²) in [5.41, 5.74) is 6.33. The average molecular weight is 314 g/mol. The molecule has 1 heterocycles. The predicted octanol–water partition coefficient (Wildman–Crippen LogP) is 1.80. The molecule has 0 fully saturated rings. The molecule has 1 aromatic rings. The largest absolute Gasteiger partial charge is 0.355 e. The van der Waals surface area contributed by atoms with Gasteiger partial charge in [0.2, 0.25) is 5.91 Å². The third-order valence-corrected chi connectivity index (χ3v) is 3.34. The van der Waals surface area contributed by atoms with Crippen molar-refractivity contribution in [1.82, 2.24) is 10.3 Å². The molecule has 0 aliphatic carbocycles. The summed E-state index contributed by atoms with van der Waals surface area (Å²) in [6.45, 7) is 5.31. The van der Waals surface area contributed by atoms with E-state index in [2.05, 4.69) is 17.2 Å². The Hall–Kier alpha value is -0.360. The number of nitrogens with zero attached hydrogens (tertiary/aromatic N) is 1. The molecule has 18 heavy (non-hydrogen) atoms. The molecule has 0 aromatic carbocycles. The predicted molar refractivity (Wildman–Crippen MR) is 80.9 cm³/mol. The number of halogens is 2. The van der Waals surface area contributed by atoms with E-state index in [9.17, 15) is 4.79 Å². The van der Waals surface area contributed by atoms with E-state index in [-0.39, 0.29) is 30.7 Å². The fraction of sp³-hybridized carbons (Fsp3) is 0.636. The van der Waals surface area contributed by atoms with Crippen LogP contribution in [0, 0.1) is 5.92 Å². The maximum atomic E-state index is 11.5. The molecule has 0 spiro atoms. The Morgan fingerprint density at radius 3 is 2.72 bits per heavy atom. The molecule has 0 bridgehead atoms. The van der Waals surface area contributed by atoms with Crippen LogP contribution in [0.25, 0.3) is 0 Å². The molecular weight excluding hydrogens is 293 g/mol. The summed E-state index contributed by atoms with van der Waals surface area (Å²) >= 11 is 1.61. The SMILES string of the molecule is CCc1nc(CC(=O)NCC(C)CN)cs1.Cl.Cl. The highest BCUT2D eigenvalue weighted by molar-refractivity contribution is 7.09. The number of hydrogen-bond acceptors (Lipinski definition) is 4. The summed E-state index contributed by atoms with van der Waals surface area (Å²) in [4.78, 5) is 15.9. The van der Waals surface area contributed by atoms with Crippen LogP contribution < -0.4 is 11.1 Å².